The first-order valence-corrected chi connectivity index (χ1v) is 8.33. The van der Waals surface area contributed by atoms with E-state index in [-0.39, 0.29) is 11.5 Å². The molecule has 0 amide bonds. The molecule has 0 spiro atoms. The second-order valence-corrected chi connectivity index (χ2v) is 6.51. The van der Waals surface area contributed by atoms with Gasteiger partial charge in [-0.05, 0) is 37.0 Å². The SMILES string of the molecule is Cn1ccnc1C(O)C1CCN(c2ccc(C#N)c(C(F)(F)F)c2)CC1. The number of aliphatic hydroxyl groups is 1. The van der Waals surface area contributed by atoms with Gasteiger partial charge in [0.2, 0.25) is 0 Å². The number of rotatable bonds is 3. The monoisotopic (exact) mass is 364 g/mol. The van der Waals surface area contributed by atoms with E-state index >= 15 is 0 Å². The lowest BCUT2D eigenvalue weighted by Crippen LogP contribution is -2.36. The fraction of sp³-hybridized carbons (Fsp3) is 0.444. The van der Waals surface area contributed by atoms with Crippen LogP contribution in [0.4, 0.5) is 18.9 Å². The van der Waals surface area contributed by atoms with Crippen molar-refractivity contribution in [2.45, 2.75) is 25.1 Å². The Balaban J connectivity index is 1.72. The molecule has 1 fully saturated rings. The van der Waals surface area contributed by atoms with E-state index in [2.05, 4.69) is 4.98 Å². The molecule has 0 radical (unpaired) electrons. The number of hydrogen-bond acceptors (Lipinski definition) is 4. The van der Waals surface area contributed by atoms with Gasteiger partial charge in [-0.3, -0.25) is 0 Å². The van der Waals surface area contributed by atoms with E-state index in [1.54, 1.807) is 29.1 Å². The zero-order valence-corrected chi connectivity index (χ0v) is 14.2. The Bertz CT molecular complexity index is 817. The van der Waals surface area contributed by atoms with Crippen LogP contribution in [-0.2, 0) is 13.2 Å². The van der Waals surface area contributed by atoms with Crippen molar-refractivity contribution in [1.82, 2.24) is 9.55 Å². The van der Waals surface area contributed by atoms with E-state index in [1.807, 2.05) is 11.9 Å². The molecule has 26 heavy (non-hydrogen) atoms. The lowest BCUT2D eigenvalue weighted by molar-refractivity contribution is -0.137. The van der Waals surface area contributed by atoms with Crippen molar-refractivity contribution < 1.29 is 18.3 Å². The summed E-state index contributed by atoms with van der Waals surface area (Å²) in [6.07, 6.45) is -0.561. The van der Waals surface area contributed by atoms with Crippen molar-refractivity contribution in [3.8, 4) is 6.07 Å². The van der Waals surface area contributed by atoms with Crippen LogP contribution < -0.4 is 4.90 Å². The molecule has 0 saturated carbocycles. The maximum absolute atomic E-state index is 13.1. The molecule has 3 rings (SSSR count). The molecule has 2 heterocycles. The fourth-order valence-corrected chi connectivity index (χ4v) is 3.41. The van der Waals surface area contributed by atoms with Crippen LogP contribution in [0.5, 0.6) is 0 Å². The molecule has 5 nitrogen and oxygen atoms in total. The summed E-state index contributed by atoms with van der Waals surface area (Å²) >= 11 is 0. The summed E-state index contributed by atoms with van der Waals surface area (Å²) < 4.78 is 41.2. The Labute approximate surface area is 149 Å². The van der Waals surface area contributed by atoms with Crippen LogP contribution in [0.15, 0.2) is 30.6 Å². The van der Waals surface area contributed by atoms with Crippen LogP contribution in [0.3, 0.4) is 0 Å². The summed E-state index contributed by atoms with van der Waals surface area (Å²) in [5.74, 6) is 0.606. The second-order valence-electron chi connectivity index (χ2n) is 6.51. The minimum atomic E-state index is -4.56. The average molecular weight is 364 g/mol. The molecule has 1 N–H and O–H groups in total. The van der Waals surface area contributed by atoms with Gasteiger partial charge in [-0.2, -0.15) is 18.4 Å². The normalized spacial score (nSPS) is 17.2. The molecular formula is C18H19F3N4O. The third kappa shape index (κ3) is 3.53. The summed E-state index contributed by atoms with van der Waals surface area (Å²) in [6.45, 7) is 1.07. The largest absolute Gasteiger partial charge is 0.417 e. The predicted molar refractivity (Wildman–Crippen MR) is 89.3 cm³/mol. The molecule has 1 aromatic carbocycles. The number of nitrogens with zero attached hydrogens (tertiary/aromatic N) is 4. The Morgan fingerprint density at radius 1 is 1.31 bits per heavy atom. The molecule has 1 saturated heterocycles. The lowest BCUT2D eigenvalue weighted by Gasteiger charge is -2.35. The number of piperidine rings is 1. The van der Waals surface area contributed by atoms with Crippen LogP contribution in [0.25, 0.3) is 0 Å². The fourth-order valence-electron chi connectivity index (χ4n) is 3.41. The summed E-state index contributed by atoms with van der Waals surface area (Å²) in [4.78, 5) is 6.03. The number of benzene rings is 1. The van der Waals surface area contributed by atoms with Gasteiger partial charge in [0.05, 0.1) is 17.2 Å². The van der Waals surface area contributed by atoms with Crippen molar-refractivity contribution in [2.24, 2.45) is 13.0 Å². The maximum Gasteiger partial charge on any atom is 0.417 e. The first kappa shape index (κ1) is 18.3. The number of anilines is 1. The van der Waals surface area contributed by atoms with E-state index in [4.69, 9.17) is 5.26 Å². The highest BCUT2D eigenvalue weighted by Gasteiger charge is 2.35. The molecule has 0 bridgehead atoms. The Morgan fingerprint density at radius 2 is 2.00 bits per heavy atom. The molecular weight excluding hydrogens is 345 g/mol. The van der Waals surface area contributed by atoms with Gasteiger partial charge in [0.15, 0.2) is 0 Å². The van der Waals surface area contributed by atoms with Crippen molar-refractivity contribution in [3.63, 3.8) is 0 Å². The van der Waals surface area contributed by atoms with Gasteiger partial charge in [-0.25, -0.2) is 4.98 Å². The Kier molecular flexibility index (Phi) is 4.92. The lowest BCUT2D eigenvalue weighted by atomic mass is 9.90. The van der Waals surface area contributed by atoms with Crippen molar-refractivity contribution in [1.29, 1.82) is 5.26 Å². The number of aromatic nitrogens is 2. The first-order valence-electron chi connectivity index (χ1n) is 8.33. The van der Waals surface area contributed by atoms with E-state index in [9.17, 15) is 18.3 Å². The zero-order valence-electron chi connectivity index (χ0n) is 14.2. The van der Waals surface area contributed by atoms with Crippen LogP contribution in [0, 0.1) is 17.2 Å². The molecule has 1 aromatic heterocycles. The average Bonchev–Trinajstić information content (AvgIpc) is 3.06. The summed E-state index contributed by atoms with van der Waals surface area (Å²) in [5, 5.41) is 19.4. The predicted octanol–water partition coefficient (Wildman–Crippen LogP) is 3.26. The smallest absolute Gasteiger partial charge is 0.385 e. The summed E-state index contributed by atoms with van der Waals surface area (Å²) in [6, 6.07) is 5.39. The molecule has 1 aliphatic rings. The van der Waals surface area contributed by atoms with Crippen molar-refractivity contribution in [3.05, 3.63) is 47.5 Å². The third-order valence-corrected chi connectivity index (χ3v) is 4.90. The van der Waals surface area contributed by atoms with Crippen molar-refractivity contribution in [2.75, 3.05) is 18.0 Å². The highest BCUT2D eigenvalue weighted by molar-refractivity contribution is 5.55. The Morgan fingerprint density at radius 3 is 2.54 bits per heavy atom. The second kappa shape index (κ2) is 7.00. The molecule has 1 atom stereocenters. The number of halogens is 3. The number of nitriles is 1. The highest BCUT2D eigenvalue weighted by atomic mass is 19.4. The van der Waals surface area contributed by atoms with Crippen molar-refractivity contribution >= 4 is 5.69 Å². The molecule has 1 unspecified atom stereocenters. The number of imidazole rings is 1. The van der Waals surface area contributed by atoms with Gasteiger partial charge in [0, 0.05) is 38.2 Å². The van der Waals surface area contributed by atoms with Crippen LogP contribution in [0.1, 0.15) is 35.9 Å². The van der Waals surface area contributed by atoms with E-state index in [1.165, 1.54) is 6.07 Å². The number of aliphatic hydroxyl groups excluding tert-OH is 1. The van der Waals surface area contributed by atoms with E-state index in [0.29, 0.717) is 37.4 Å². The first-order chi connectivity index (χ1) is 12.3. The van der Waals surface area contributed by atoms with Gasteiger partial charge in [0.1, 0.15) is 11.9 Å². The van der Waals surface area contributed by atoms with E-state index in [0.717, 1.165) is 6.07 Å². The number of alkyl halides is 3. The standard InChI is InChI=1S/C18H19F3N4O/c1-24-9-6-23-17(24)16(26)12-4-7-25(8-5-12)14-3-2-13(11-22)15(10-14)18(19,20)21/h2-3,6,9-10,12,16,26H,4-5,7-8H2,1H3. The number of hydrogen-bond donors (Lipinski definition) is 1. The third-order valence-electron chi connectivity index (χ3n) is 4.90. The molecule has 2 aromatic rings. The van der Waals surface area contributed by atoms with Gasteiger partial charge in [-0.15, -0.1) is 0 Å². The minimum Gasteiger partial charge on any atom is -0.385 e. The Hall–Kier alpha value is -2.53. The topological polar surface area (TPSA) is 65.1 Å². The molecule has 0 aliphatic carbocycles. The van der Waals surface area contributed by atoms with E-state index < -0.39 is 17.8 Å². The van der Waals surface area contributed by atoms with Crippen LogP contribution in [-0.4, -0.2) is 27.7 Å². The van der Waals surface area contributed by atoms with Gasteiger partial charge < -0.3 is 14.6 Å². The maximum atomic E-state index is 13.1. The quantitative estimate of drug-likeness (QED) is 0.908. The summed E-state index contributed by atoms with van der Waals surface area (Å²) in [5.41, 5.74) is -0.838. The van der Waals surface area contributed by atoms with Gasteiger partial charge >= 0.3 is 6.18 Å². The van der Waals surface area contributed by atoms with Gasteiger partial charge in [-0.1, -0.05) is 0 Å². The molecule has 1 aliphatic heterocycles. The molecule has 8 heteroatoms. The zero-order chi connectivity index (χ0) is 18.9. The molecule has 138 valence electrons. The van der Waals surface area contributed by atoms with Crippen LogP contribution >= 0.6 is 0 Å². The highest BCUT2D eigenvalue weighted by Crippen LogP contribution is 2.36. The summed E-state index contributed by atoms with van der Waals surface area (Å²) in [7, 11) is 1.82. The number of aryl methyl sites for hydroxylation is 1. The van der Waals surface area contributed by atoms with Crippen LogP contribution in [0.2, 0.25) is 0 Å². The van der Waals surface area contributed by atoms with Gasteiger partial charge in [0.25, 0.3) is 0 Å². The minimum absolute atomic E-state index is 0.00724.